The molecule has 2 aromatic carbocycles. The van der Waals surface area contributed by atoms with Crippen LogP contribution in [-0.2, 0) is 14.8 Å². The average Bonchev–Trinajstić information content (AvgIpc) is 2.66. The number of benzene rings is 2. The topological polar surface area (TPSA) is 79.0 Å². The first kappa shape index (κ1) is 22.5. The van der Waals surface area contributed by atoms with Gasteiger partial charge in [0.15, 0.2) is 0 Å². The summed E-state index contributed by atoms with van der Waals surface area (Å²) >= 11 is 0. The molecule has 0 saturated carbocycles. The maximum absolute atomic E-state index is 12.3. The molecular weight excluding hydrogens is 390 g/mol. The Labute approximate surface area is 173 Å². The Kier molecular flexibility index (Phi) is 7.90. The van der Waals surface area contributed by atoms with Gasteiger partial charge >= 0.3 is 0 Å². The molecular formula is C21H29N3O4S. The second kappa shape index (κ2) is 10.2. The lowest BCUT2D eigenvalue weighted by Crippen LogP contribution is -2.42. The number of para-hydroxylation sites is 1. The summed E-state index contributed by atoms with van der Waals surface area (Å²) in [6.45, 7) is 4.56. The van der Waals surface area contributed by atoms with Crippen molar-refractivity contribution in [3.63, 3.8) is 0 Å². The zero-order valence-corrected chi connectivity index (χ0v) is 18.1. The maximum Gasteiger partial charge on any atom is 0.240 e. The number of rotatable bonds is 10. The molecule has 0 atom stereocenters. The molecule has 0 unspecified atom stereocenters. The Bertz CT molecular complexity index is 884. The van der Waals surface area contributed by atoms with Crippen LogP contribution in [0.5, 0.6) is 5.75 Å². The first-order valence-electron chi connectivity index (χ1n) is 9.44. The summed E-state index contributed by atoms with van der Waals surface area (Å²) in [4.78, 5) is 14.4. The molecule has 0 heterocycles. The van der Waals surface area contributed by atoms with E-state index in [0.29, 0.717) is 24.5 Å². The van der Waals surface area contributed by atoms with Crippen molar-refractivity contribution < 1.29 is 17.9 Å². The number of sulfonamides is 1. The number of amides is 1. The van der Waals surface area contributed by atoms with Crippen LogP contribution in [0.4, 0.5) is 11.4 Å². The predicted molar refractivity (Wildman–Crippen MR) is 117 cm³/mol. The van der Waals surface area contributed by atoms with Gasteiger partial charge in [0.2, 0.25) is 15.9 Å². The molecule has 7 nitrogen and oxygen atoms in total. The lowest BCUT2D eigenvalue weighted by molar-refractivity contribution is -0.119. The quantitative estimate of drug-likeness (QED) is 0.640. The lowest BCUT2D eigenvalue weighted by atomic mass is 10.3. The van der Waals surface area contributed by atoms with Crippen molar-refractivity contribution in [2.45, 2.75) is 20.0 Å². The largest absolute Gasteiger partial charge is 0.491 e. The summed E-state index contributed by atoms with van der Waals surface area (Å²) in [5.74, 6) is 0.282. The minimum atomic E-state index is -3.61. The summed E-state index contributed by atoms with van der Waals surface area (Å²) in [5, 5.41) is 2.78. The number of anilines is 2. The van der Waals surface area contributed by atoms with Gasteiger partial charge in [0.1, 0.15) is 12.3 Å². The SMILES string of the molecule is CC(C)Oc1ccc(N(CC(=O)NCCN(C)c2ccccc2)S(C)(=O)=O)cc1. The number of hydrogen-bond donors (Lipinski definition) is 1. The molecule has 0 aliphatic heterocycles. The van der Waals surface area contributed by atoms with E-state index in [2.05, 4.69) is 5.32 Å². The zero-order valence-electron chi connectivity index (χ0n) is 17.3. The van der Waals surface area contributed by atoms with Crippen molar-refractivity contribution in [2.24, 2.45) is 0 Å². The smallest absolute Gasteiger partial charge is 0.240 e. The number of carbonyl (C=O) groups is 1. The molecule has 158 valence electrons. The second-order valence-electron chi connectivity index (χ2n) is 7.04. The van der Waals surface area contributed by atoms with E-state index in [1.807, 2.05) is 56.1 Å². The highest BCUT2D eigenvalue weighted by atomic mass is 32.2. The number of ether oxygens (including phenoxy) is 1. The Balaban J connectivity index is 1.95. The number of carbonyl (C=O) groups excluding carboxylic acids is 1. The molecule has 2 aromatic rings. The minimum Gasteiger partial charge on any atom is -0.491 e. The Hall–Kier alpha value is -2.74. The molecule has 2 rings (SSSR count). The van der Waals surface area contributed by atoms with E-state index in [0.717, 1.165) is 16.2 Å². The summed E-state index contributed by atoms with van der Waals surface area (Å²) < 4.78 is 31.1. The zero-order chi connectivity index (χ0) is 21.4. The van der Waals surface area contributed by atoms with E-state index in [4.69, 9.17) is 4.74 Å². The van der Waals surface area contributed by atoms with Crippen molar-refractivity contribution in [1.82, 2.24) is 5.32 Å². The first-order chi connectivity index (χ1) is 13.7. The molecule has 0 aliphatic carbocycles. The molecule has 0 aliphatic rings. The minimum absolute atomic E-state index is 0.0201. The summed E-state index contributed by atoms with van der Waals surface area (Å²) in [7, 11) is -1.68. The monoisotopic (exact) mass is 419 g/mol. The Morgan fingerprint density at radius 3 is 2.21 bits per heavy atom. The van der Waals surface area contributed by atoms with Crippen molar-refractivity contribution in [1.29, 1.82) is 0 Å². The van der Waals surface area contributed by atoms with Crippen LogP contribution in [-0.4, -0.2) is 53.4 Å². The van der Waals surface area contributed by atoms with Crippen molar-refractivity contribution in [2.75, 3.05) is 42.1 Å². The van der Waals surface area contributed by atoms with Gasteiger partial charge < -0.3 is 15.0 Å². The van der Waals surface area contributed by atoms with Gasteiger partial charge in [-0.05, 0) is 50.2 Å². The number of hydrogen-bond acceptors (Lipinski definition) is 5. The highest BCUT2D eigenvalue weighted by Crippen LogP contribution is 2.22. The van der Waals surface area contributed by atoms with Crippen LogP contribution < -0.4 is 19.3 Å². The van der Waals surface area contributed by atoms with Gasteiger partial charge in [-0.1, -0.05) is 18.2 Å². The van der Waals surface area contributed by atoms with E-state index >= 15 is 0 Å². The van der Waals surface area contributed by atoms with Crippen LogP contribution >= 0.6 is 0 Å². The fraction of sp³-hybridized carbons (Fsp3) is 0.381. The third kappa shape index (κ3) is 7.30. The summed E-state index contributed by atoms with van der Waals surface area (Å²) in [6, 6.07) is 16.5. The van der Waals surface area contributed by atoms with Gasteiger partial charge in [-0.25, -0.2) is 8.42 Å². The number of nitrogens with one attached hydrogen (secondary N) is 1. The van der Waals surface area contributed by atoms with Gasteiger partial charge in [-0.3, -0.25) is 9.10 Å². The molecule has 1 N–H and O–H groups in total. The van der Waals surface area contributed by atoms with E-state index in [-0.39, 0.29) is 18.6 Å². The lowest BCUT2D eigenvalue weighted by Gasteiger charge is -2.23. The normalized spacial score (nSPS) is 11.2. The van der Waals surface area contributed by atoms with Gasteiger partial charge in [0.25, 0.3) is 0 Å². The molecule has 0 bridgehead atoms. The molecule has 0 radical (unpaired) electrons. The number of nitrogens with zero attached hydrogens (tertiary/aromatic N) is 2. The van der Waals surface area contributed by atoms with E-state index in [1.165, 1.54) is 0 Å². The van der Waals surface area contributed by atoms with Crippen LogP contribution in [0.1, 0.15) is 13.8 Å². The Morgan fingerprint density at radius 2 is 1.66 bits per heavy atom. The van der Waals surface area contributed by atoms with Gasteiger partial charge in [0.05, 0.1) is 18.0 Å². The van der Waals surface area contributed by atoms with Crippen molar-refractivity contribution in [3.8, 4) is 5.75 Å². The van der Waals surface area contributed by atoms with E-state index in [1.54, 1.807) is 24.3 Å². The van der Waals surface area contributed by atoms with Gasteiger partial charge in [-0.15, -0.1) is 0 Å². The highest BCUT2D eigenvalue weighted by molar-refractivity contribution is 7.92. The van der Waals surface area contributed by atoms with Crippen LogP contribution in [0, 0.1) is 0 Å². The standard InChI is InChI=1S/C21H29N3O4S/c1-17(2)28-20-12-10-19(11-13-20)24(29(4,26)27)16-21(25)22-14-15-23(3)18-8-6-5-7-9-18/h5-13,17H,14-16H2,1-4H3,(H,22,25). The summed E-state index contributed by atoms with van der Waals surface area (Å²) in [5.41, 5.74) is 1.46. The van der Waals surface area contributed by atoms with Crippen LogP contribution in [0.25, 0.3) is 0 Å². The van der Waals surface area contributed by atoms with Gasteiger partial charge in [0, 0.05) is 25.8 Å². The molecule has 0 aromatic heterocycles. The van der Waals surface area contributed by atoms with Crippen molar-refractivity contribution in [3.05, 3.63) is 54.6 Å². The van der Waals surface area contributed by atoms with Crippen LogP contribution in [0.2, 0.25) is 0 Å². The first-order valence-corrected chi connectivity index (χ1v) is 11.3. The Morgan fingerprint density at radius 1 is 1.03 bits per heavy atom. The molecule has 0 spiro atoms. The fourth-order valence-electron chi connectivity index (χ4n) is 2.72. The van der Waals surface area contributed by atoms with Crippen LogP contribution in [0.3, 0.4) is 0 Å². The third-order valence-electron chi connectivity index (χ3n) is 4.15. The third-order valence-corrected chi connectivity index (χ3v) is 5.29. The second-order valence-corrected chi connectivity index (χ2v) is 8.94. The van der Waals surface area contributed by atoms with Crippen LogP contribution in [0.15, 0.2) is 54.6 Å². The molecule has 0 fully saturated rings. The van der Waals surface area contributed by atoms with E-state index < -0.39 is 10.0 Å². The molecule has 0 saturated heterocycles. The molecule has 8 heteroatoms. The average molecular weight is 420 g/mol. The maximum atomic E-state index is 12.3. The predicted octanol–water partition coefficient (Wildman–Crippen LogP) is 2.49. The van der Waals surface area contributed by atoms with Crippen molar-refractivity contribution >= 4 is 27.3 Å². The van der Waals surface area contributed by atoms with Gasteiger partial charge in [-0.2, -0.15) is 0 Å². The van der Waals surface area contributed by atoms with E-state index in [9.17, 15) is 13.2 Å². The molecule has 29 heavy (non-hydrogen) atoms. The highest BCUT2D eigenvalue weighted by Gasteiger charge is 2.21. The molecule has 1 amide bonds. The fourth-order valence-corrected chi connectivity index (χ4v) is 3.58. The number of likely N-dealkylation sites (N-methyl/N-ethyl adjacent to an activating group) is 1. The summed E-state index contributed by atoms with van der Waals surface area (Å²) in [6.07, 6.45) is 1.11.